The molecule has 1 N–H and O–H groups in total. The van der Waals surface area contributed by atoms with Crippen molar-refractivity contribution in [2.24, 2.45) is 29.1 Å². The molecule has 1 unspecified atom stereocenters. The molecule has 0 aromatic carbocycles. The Kier molecular flexibility index (Phi) is 10.7. The lowest BCUT2D eigenvalue weighted by molar-refractivity contribution is 0.0969. The molecule has 44 heavy (non-hydrogen) atoms. The second-order valence-corrected chi connectivity index (χ2v) is 27.9. The zero-order valence-corrected chi connectivity index (χ0v) is 32.7. The van der Waals surface area contributed by atoms with Crippen molar-refractivity contribution in [2.45, 2.75) is 168 Å². The van der Waals surface area contributed by atoms with Gasteiger partial charge >= 0.3 is 0 Å². The smallest absolute Gasteiger partial charge is 0.192 e. The van der Waals surface area contributed by atoms with E-state index in [0.717, 1.165) is 12.8 Å². The maximum absolute atomic E-state index is 10.5. The van der Waals surface area contributed by atoms with Gasteiger partial charge in [0.25, 0.3) is 0 Å². The molecule has 4 rings (SSSR count). The van der Waals surface area contributed by atoms with E-state index in [1.54, 1.807) is 5.57 Å². The Morgan fingerprint density at radius 2 is 1.52 bits per heavy atom. The van der Waals surface area contributed by atoms with Gasteiger partial charge in [-0.15, -0.1) is 0 Å². The minimum absolute atomic E-state index is 0.0233. The van der Waals surface area contributed by atoms with E-state index in [4.69, 9.17) is 8.85 Å². The van der Waals surface area contributed by atoms with Crippen molar-refractivity contribution in [3.05, 3.63) is 47.6 Å². The number of fused-ring (bicyclic) bond motifs is 1. The van der Waals surface area contributed by atoms with Gasteiger partial charge in [0.15, 0.2) is 16.6 Å². The van der Waals surface area contributed by atoms with Crippen LogP contribution in [0.4, 0.5) is 0 Å². The second-order valence-electron chi connectivity index (χ2n) is 18.4. The molecule has 0 bridgehead atoms. The minimum atomic E-state index is -1.98. The fraction of sp³-hybridized carbons (Fsp3) is 0.795. The van der Waals surface area contributed by atoms with E-state index in [2.05, 4.69) is 112 Å². The van der Waals surface area contributed by atoms with Crippen molar-refractivity contribution in [1.29, 1.82) is 0 Å². The molecule has 5 heteroatoms. The highest BCUT2D eigenvalue weighted by molar-refractivity contribution is 6.74. The van der Waals surface area contributed by atoms with Gasteiger partial charge in [0.05, 0.1) is 18.3 Å². The molecule has 0 aromatic heterocycles. The summed E-state index contributed by atoms with van der Waals surface area (Å²) in [4.78, 5) is 0. The Labute approximate surface area is 274 Å². The zero-order chi connectivity index (χ0) is 32.9. The van der Waals surface area contributed by atoms with E-state index in [9.17, 15) is 5.11 Å². The minimum Gasteiger partial charge on any atom is -0.413 e. The monoisotopic (exact) mass is 640 g/mol. The van der Waals surface area contributed by atoms with Gasteiger partial charge in [0.2, 0.25) is 0 Å². The van der Waals surface area contributed by atoms with Crippen LogP contribution in [0.3, 0.4) is 0 Å². The molecule has 4 aliphatic rings. The molecule has 0 aliphatic heterocycles. The summed E-state index contributed by atoms with van der Waals surface area (Å²) in [7, 11) is -3.90. The molecule has 3 nitrogen and oxygen atoms in total. The average molecular weight is 641 g/mol. The Hall–Kier alpha value is -0.726. The third-order valence-electron chi connectivity index (χ3n) is 13.1. The van der Waals surface area contributed by atoms with E-state index < -0.39 is 16.6 Å². The standard InChI is InChI=1S/C39H68O3Si2/c1-27(16-23-35(40)30-18-19-30)33-21-22-34-29(15-14-24-39(33,34)9)17-20-31-25-32(41-43(10,11)37(3,4)5)26-36(28(31)2)42-44(12,13)38(6,7)8/h16-17,20,23,27,30,32-36,40H,2,14-15,18-19,21-22,24-26H2,1,3-13H3/b23-16+,29-17+,31-20-/t27-,32-,33?,34+,35-,36+,39-/m1/s1. The summed E-state index contributed by atoms with van der Waals surface area (Å²) >= 11 is 0. The second kappa shape index (κ2) is 13.1. The molecule has 0 spiro atoms. The number of aliphatic hydroxyl groups excluding tert-OH is 1. The topological polar surface area (TPSA) is 38.7 Å². The summed E-state index contributed by atoms with van der Waals surface area (Å²) in [6.07, 6.45) is 19.9. The number of rotatable bonds is 9. The van der Waals surface area contributed by atoms with Crippen LogP contribution in [0.1, 0.15) is 113 Å². The highest BCUT2D eigenvalue weighted by Gasteiger charge is 2.50. The molecule has 4 fully saturated rings. The highest BCUT2D eigenvalue weighted by atomic mass is 28.4. The Bertz CT molecular complexity index is 1130. The van der Waals surface area contributed by atoms with Crippen LogP contribution in [-0.2, 0) is 8.85 Å². The van der Waals surface area contributed by atoms with Gasteiger partial charge in [-0.3, -0.25) is 0 Å². The Morgan fingerprint density at radius 1 is 0.909 bits per heavy atom. The van der Waals surface area contributed by atoms with Crippen molar-refractivity contribution in [3.63, 3.8) is 0 Å². The van der Waals surface area contributed by atoms with Crippen LogP contribution in [0.25, 0.3) is 0 Å². The number of aliphatic hydroxyl groups is 1. The van der Waals surface area contributed by atoms with Crippen molar-refractivity contribution >= 4 is 16.6 Å². The predicted octanol–water partition coefficient (Wildman–Crippen LogP) is 11.1. The maximum atomic E-state index is 10.5. The SMILES string of the molecule is C=C1/C(=C\C=C2/CCC[C@]3(C)C([C@H](C)/C=C/[C@@H](O)C4CC4)CC[C@@H]23)C[C@@H](O[Si](C)(C)C(C)(C)C)C[C@@H]1O[Si](C)(C)C(C)(C)C. The van der Waals surface area contributed by atoms with Crippen LogP contribution < -0.4 is 0 Å². The van der Waals surface area contributed by atoms with Crippen LogP contribution in [-0.4, -0.2) is 40.1 Å². The van der Waals surface area contributed by atoms with Crippen LogP contribution in [0, 0.1) is 29.1 Å². The van der Waals surface area contributed by atoms with Crippen LogP contribution in [0.2, 0.25) is 36.3 Å². The van der Waals surface area contributed by atoms with Gasteiger partial charge in [-0.2, -0.15) is 0 Å². The van der Waals surface area contributed by atoms with Gasteiger partial charge in [0, 0.05) is 6.42 Å². The highest BCUT2D eigenvalue weighted by Crippen LogP contribution is 2.59. The van der Waals surface area contributed by atoms with Gasteiger partial charge in [-0.25, -0.2) is 0 Å². The first-order valence-corrected chi connectivity index (χ1v) is 23.8. The number of hydrogen-bond acceptors (Lipinski definition) is 3. The average Bonchev–Trinajstić information content (AvgIpc) is 3.68. The molecular weight excluding hydrogens is 573 g/mol. The summed E-state index contributed by atoms with van der Waals surface area (Å²) in [6.45, 7) is 33.2. The van der Waals surface area contributed by atoms with E-state index in [0.29, 0.717) is 29.1 Å². The molecule has 0 saturated heterocycles. The van der Waals surface area contributed by atoms with Gasteiger partial charge < -0.3 is 14.0 Å². The summed E-state index contributed by atoms with van der Waals surface area (Å²) in [6, 6.07) is 0. The van der Waals surface area contributed by atoms with Crippen LogP contribution >= 0.6 is 0 Å². The summed E-state index contributed by atoms with van der Waals surface area (Å²) in [5.41, 5.74) is 4.49. The van der Waals surface area contributed by atoms with Gasteiger partial charge in [0.1, 0.15) is 0 Å². The predicted molar refractivity (Wildman–Crippen MR) is 194 cm³/mol. The molecule has 4 saturated carbocycles. The van der Waals surface area contributed by atoms with Crippen molar-refractivity contribution in [3.8, 4) is 0 Å². The number of hydrogen-bond donors (Lipinski definition) is 1. The van der Waals surface area contributed by atoms with Crippen molar-refractivity contribution < 1.29 is 14.0 Å². The maximum Gasteiger partial charge on any atom is 0.192 e. The first-order valence-electron chi connectivity index (χ1n) is 18.0. The summed E-state index contributed by atoms with van der Waals surface area (Å²) in [5, 5.41) is 10.8. The van der Waals surface area contributed by atoms with Crippen LogP contribution in [0.5, 0.6) is 0 Å². The van der Waals surface area contributed by atoms with Gasteiger partial charge in [-0.1, -0.05) is 91.8 Å². The fourth-order valence-corrected chi connectivity index (χ4v) is 10.6. The molecule has 7 atom stereocenters. The molecule has 250 valence electrons. The van der Waals surface area contributed by atoms with E-state index in [1.807, 2.05) is 0 Å². The van der Waals surface area contributed by atoms with Crippen molar-refractivity contribution in [1.82, 2.24) is 0 Å². The number of allylic oxidation sites excluding steroid dienone is 4. The van der Waals surface area contributed by atoms with Gasteiger partial charge in [-0.05, 0) is 128 Å². The molecular formula is C39H68O3Si2. The third-order valence-corrected chi connectivity index (χ3v) is 22.1. The summed E-state index contributed by atoms with van der Waals surface area (Å²) < 4.78 is 14.2. The molecule has 4 aliphatic carbocycles. The zero-order valence-electron chi connectivity index (χ0n) is 30.7. The first-order chi connectivity index (χ1) is 20.2. The van der Waals surface area contributed by atoms with E-state index in [-0.39, 0.29) is 28.4 Å². The molecule has 0 heterocycles. The first kappa shape index (κ1) is 36.1. The lowest BCUT2D eigenvalue weighted by atomic mass is 9.61. The van der Waals surface area contributed by atoms with Crippen molar-refractivity contribution in [2.75, 3.05) is 0 Å². The van der Waals surface area contributed by atoms with Crippen LogP contribution in [0.15, 0.2) is 47.6 Å². The largest absolute Gasteiger partial charge is 0.413 e. The Morgan fingerprint density at radius 3 is 2.11 bits per heavy atom. The lowest BCUT2D eigenvalue weighted by Gasteiger charge is -2.45. The quantitative estimate of drug-likeness (QED) is 0.201. The lowest BCUT2D eigenvalue weighted by Crippen LogP contribution is -2.49. The molecule has 0 radical (unpaired) electrons. The van der Waals surface area contributed by atoms with E-state index in [1.165, 1.54) is 56.1 Å². The molecule has 0 amide bonds. The normalized spacial score (nSPS) is 34.2. The summed E-state index contributed by atoms with van der Waals surface area (Å²) in [5.74, 6) is 2.35. The Balaban J connectivity index is 1.57. The molecule has 0 aromatic rings. The van der Waals surface area contributed by atoms with E-state index >= 15 is 0 Å². The third kappa shape index (κ3) is 7.86. The fourth-order valence-electron chi connectivity index (χ4n) is 7.93.